The minimum absolute atomic E-state index is 0.550. The average Bonchev–Trinajstić information content (AvgIpc) is 3.89. The van der Waals surface area contributed by atoms with Crippen molar-refractivity contribution in [2.24, 2.45) is 0 Å². The zero-order valence-corrected chi connectivity index (χ0v) is 34.6. The first-order valence-electron chi connectivity index (χ1n) is 19.8. The molecule has 274 valence electrons. The summed E-state index contributed by atoms with van der Waals surface area (Å²) in [5.74, 6) is 0. The van der Waals surface area contributed by atoms with Crippen molar-refractivity contribution in [1.29, 1.82) is 0 Å². The summed E-state index contributed by atoms with van der Waals surface area (Å²) in [5.41, 5.74) is 18.3. The maximum Gasteiger partial charge on any atom is 0.0727 e. The van der Waals surface area contributed by atoms with Gasteiger partial charge in [-0.25, -0.2) is 0 Å². The molecule has 0 radical (unpaired) electrons. The first-order chi connectivity index (χ1) is 28.6. The number of aromatic nitrogens is 1. The third kappa shape index (κ3) is 4.67. The molecule has 12 rings (SSSR count). The molecule has 0 aliphatic heterocycles. The van der Waals surface area contributed by atoms with E-state index in [1.807, 2.05) is 0 Å². The van der Waals surface area contributed by atoms with E-state index in [0.717, 1.165) is 17.1 Å². The van der Waals surface area contributed by atoms with Gasteiger partial charge >= 0.3 is 0 Å². The zero-order valence-electron chi connectivity index (χ0n) is 31.7. The Hall–Kier alpha value is -6.08. The molecule has 10 aromatic rings. The highest BCUT2D eigenvalue weighted by Gasteiger charge is 2.52. The van der Waals surface area contributed by atoms with Crippen LogP contribution in [0.5, 0.6) is 0 Å². The van der Waals surface area contributed by atoms with Crippen LogP contribution in [0.4, 0.5) is 17.1 Å². The molecule has 0 saturated carbocycles. The predicted octanol–water partition coefficient (Wildman–Crippen LogP) is 15.5. The summed E-state index contributed by atoms with van der Waals surface area (Å²) < 4.78 is 2.51. The van der Waals surface area contributed by atoms with Crippen LogP contribution in [0.25, 0.3) is 60.5 Å². The van der Waals surface area contributed by atoms with E-state index >= 15 is 0 Å². The predicted molar refractivity (Wildman–Crippen MR) is 254 cm³/mol. The number of hydrogen-bond acceptors (Lipinski definition) is 2. The summed E-state index contributed by atoms with van der Waals surface area (Å²) in [5, 5.41) is 5.05. The van der Waals surface area contributed by atoms with E-state index in [-0.39, 0.29) is 0 Å². The molecule has 0 amide bonds. The SMILES string of the molecule is Cc1ccc(N(c2ccc(SI)cc2)c2ccc3c(c2)C2(c4ccccc4-c4ccccc42)c2cc(-n4c5ccccc5c5ccccc54)c4ccccc4c2-3)cc1. The molecule has 1 aromatic heterocycles. The van der Waals surface area contributed by atoms with Gasteiger partial charge in [0.25, 0.3) is 0 Å². The highest BCUT2D eigenvalue weighted by Crippen LogP contribution is 2.65. The highest BCUT2D eigenvalue weighted by atomic mass is 127. The van der Waals surface area contributed by atoms with Gasteiger partial charge in [-0.1, -0.05) is 142 Å². The number of halogens is 1. The molecule has 0 fully saturated rings. The van der Waals surface area contributed by atoms with Gasteiger partial charge in [0.2, 0.25) is 0 Å². The number of aryl methyl sites for hydroxylation is 1. The first kappa shape index (κ1) is 34.0. The smallest absolute Gasteiger partial charge is 0.0727 e. The van der Waals surface area contributed by atoms with Crippen molar-refractivity contribution in [2.75, 3.05) is 4.90 Å². The number of nitrogens with zero attached hydrogens (tertiary/aromatic N) is 2. The summed E-state index contributed by atoms with van der Waals surface area (Å²) in [6.45, 7) is 2.16. The van der Waals surface area contributed by atoms with Crippen molar-refractivity contribution in [3.8, 4) is 27.9 Å². The second kappa shape index (κ2) is 13.0. The lowest BCUT2D eigenvalue weighted by Crippen LogP contribution is -2.26. The van der Waals surface area contributed by atoms with Gasteiger partial charge < -0.3 is 9.47 Å². The number of rotatable bonds is 5. The maximum atomic E-state index is 2.55. The number of anilines is 3. The lowest BCUT2D eigenvalue weighted by molar-refractivity contribution is 0.793. The highest BCUT2D eigenvalue weighted by molar-refractivity contribution is 14.2. The monoisotopic (exact) mass is 870 g/mol. The van der Waals surface area contributed by atoms with Crippen molar-refractivity contribution >= 4 is 79.8 Å². The van der Waals surface area contributed by atoms with Gasteiger partial charge in [0.05, 0.1) is 22.1 Å². The molecule has 2 nitrogen and oxygen atoms in total. The van der Waals surface area contributed by atoms with Crippen LogP contribution in [0.2, 0.25) is 0 Å². The van der Waals surface area contributed by atoms with Gasteiger partial charge in [0, 0.05) is 59.3 Å². The molecule has 4 heteroatoms. The Labute approximate surface area is 354 Å². The standard InChI is InChI=1S/C54H35IN2S/c1-34-22-24-35(25-23-34)56(36-26-29-38(58-55)30-27-36)37-28-31-45-48(32-37)54(46-18-8-4-12-39(46)40-13-5-9-19-47(40)54)49-33-52(43-16-2-3-17-44(43)53(45)49)57-50-20-10-6-14-41(50)42-15-7-11-21-51(42)57/h2-33H,1H3. The quantitative estimate of drug-likeness (QED) is 0.159. The molecule has 9 aromatic carbocycles. The lowest BCUT2D eigenvalue weighted by Gasteiger charge is -2.32. The van der Waals surface area contributed by atoms with E-state index in [1.54, 1.807) is 8.93 Å². The molecule has 1 heterocycles. The van der Waals surface area contributed by atoms with E-state index in [4.69, 9.17) is 0 Å². The van der Waals surface area contributed by atoms with Crippen molar-refractivity contribution < 1.29 is 0 Å². The van der Waals surface area contributed by atoms with Crippen molar-refractivity contribution in [3.63, 3.8) is 0 Å². The third-order valence-corrected chi connectivity index (χ3v) is 14.6. The molecule has 0 N–H and O–H groups in total. The molecule has 58 heavy (non-hydrogen) atoms. The van der Waals surface area contributed by atoms with Gasteiger partial charge in [-0.3, -0.25) is 0 Å². The molecule has 1 spiro atoms. The summed E-state index contributed by atoms with van der Waals surface area (Å²) in [7, 11) is 1.74. The fourth-order valence-corrected chi connectivity index (χ4v) is 11.4. The second-order valence-corrected chi connectivity index (χ2v) is 17.5. The first-order valence-corrected chi connectivity index (χ1v) is 23.2. The van der Waals surface area contributed by atoms with Gasteiger partial charge in [0.1, 0.15) is 0 Å². The number of benzene rings is 9. The Balaban J connectivity index is 1.21. The van der Waals surface area contributed by atoms with Crippen LogP contribution in [0.3, 0.4) is 0 Å². The summed E-state index contributed by atoms with van der Waals surface area (Å²) in [6, 6.07) is 72.8. The van der Waals surface area contributed by atoms with E-state index in [9.17, 15) is 0 Å². The molecular formula is C54H35IN2S. The van der Waals surface area contributed by atoms with Crippen molar-refractivity contribution in [3.05, 3.63) is 222 Å². The van der Waals surface area contributed by atoms with Gasteiger partial charge in [0.15, 0.2) is 0 Å². The normalized spacial score (nSPS) is 13.2. The van der Waals surface area contributed by atoms with Crippen molar-refractivity contribution in [1.82, 2.24) is 4.57 Å². The Bertz CT molecular complexity index is 3190. The summed E-state index contributed by atoms with van der Waals surface area (Å²) in [4.78, 5) is 3.66. The molecule has 0 bridgehead atoms. The summed E-state index contributed by atoms with van der Waals surface area (Å²) >= 11 is 2.37. The van der Waals surface area contributed by atoms with Crippen LogP contribution in [-0.2, 0) is 5.41 Å². The fourth-order valence-electron chi connectivity index (χ4n) is 10.3. The van der Waals surface area contributed by atoms with Crippen LogP contribution < -0.4 is 4.90 Å². The van der Waals surface area contributed by atoms with Crippen LogP contribution >= 0.6 is 30.1 Å². The van der Waals surface area contributed by atoms with Gasteiger partial charge in [-0.15, -0.1) is 0 Å². The zero-order chi connectivity index (χ0) is 38.5. The second-order valence-electron chi connectivity index (χ2n) is 15.5. The molecule has 0 saturated heterocycles. The summed E-state index contributed by atoms with van der Waals surface area (Å²) in [6.07, 6.45) is 0. The molecule has 2 aliphatic carbocycles. The number of hydrogen-bond donors (Lipinski definition) is 0. The Morgan fingerprint density at radius 2 is 0.966 bits per heavy atom. The minimum atomic E-state index is -0.550. The number of fused-ring (bicyclic) bond motifs is 15. The molecule has 0 atom stereocenters. The molecule has 2 aliphatic rings. The largest absolute Gasteiger partial charge is 0.310 e. The molecular weight excluding hydrogens is 836 g/mol. The Morgan fingerprint density at radius 3 is 1.59 bits per heavy atom. The van der Waals surface area contributed by atoms with Crippen LogP contribution in [0.15, 0.2) is 199 Å². The van der Waals surface area contributed by atoms with Gasteiger partial charge in [-0.05, 0) is 124 Å². The minimum Gasteiger partial charge on any atom is -0.310 e. The van der Waals surface area contributed by atoms with Crippen LogP contribution in [0.1, 0.15) is 27.8 Å². The van der Waals surface area contributed by atoms with Crippen LogP contribution in [0, 0.1) is 6.92 Å². The van der Waals surface area contributed by atoms with E-state index in [2.05, 4.69) is 232 Å². The lowest BCUT2D eigenvalue weighted by atomic mass is 9.70. The fraction of sp³-hybridized carbons (Fsp3) is 0.0370. The number of para-hydroxylation sites is 2. The van der Waals surface area contributed by atoms with Gasteiger partial charge in [-0.2, -0.15) is 0 Å². The Morgan fingerprint density at radius 1 is 0.448 bits per heavy atom. The molecule has 0 unspecified atom stereocenters. The van der Waals surface area contributed by atoms with E-state index in [0.29, 0.717) is 0 Å². The van der Waals surface area contributed by atoms with Crippen molar-refractivity contribution in [2.45, 2.75) is 17.2 Å². The third-order valence-electron chi connectivity index (χ3n) is 12.6. The Kier molecular flexibility index (Phi) is 7.60. The average molecular weight is 871 g/mol. The van der Waals surface area contributed by atoms with E-state index < -0.39 is 5.41 Å². The maximum absolute atomic E-state index is 2.55. The topological polar surface area (TPSA) is 8.17 Å². The van der Waals surface area contributed by atoms with Crippen LogP contribution in [-0.4, -0.2) is 4.57 Å². The van der Waals surface area contributed by atoms with E-state index in [1.165, 1.54) is 93.2 Å².